The molecule has 2 fully saturated rings. The van der Waals surface area contributed by atoms with Crippen LogP contribution in [0.1, 0.15) is 150 Å². The lowest BCUT2D eigenvalue weighted by Crippen LogP contribution is -2.59. The van der Waals surface area contributed by atoms with Gasteiger partial charge in [0.05, 0.1) is 48.8 Å². The molecule has 0 bridgehead atoms. The van der Waals surface area contributed by atoms with Crippen molar-refractivity contribution in [2.24, 2.45) is 46.6 Å². The van der Waals surface area contributed by atoms with E-state index in [1.165, 1.54) is 18.7 Å². The van der Waals surface area contributed by atoms with Gasteiger partial charge in [-0.2, -0.15) is 0 Å². The molecule has 494 valence electrons. The van der Waals surface area contributed by atoms with Crippen molar-refractivity contribution < 1.29 is 72.5 Å². The number of likely N-dealkylation sites (tertiary alicyclic amines) is 1. The van der Waals surface area contributed by atoms with E-state index < -0.39 is 162 Å². The highest BCUT2D eigenvalue weighted by molar-refractivity contribution is 5.99. The molecule has 27 nitrogen and oxygen atoms in total. The van der Waals surface area contributed by atoms with E-state index in [9.17, 15) is 67.7 Å². The molecule has 4 unspecified atom stereocenters. The number of benzene rings is 1. The molecule has 3 rings (SSSR count). The number of amides is 8. The molecule has 88 heavy (non-hydrogen) atoms. The van der Waals surface area contributed by atoms with Gasteiger partial charge in [-0.15, -0.1) is 0 Å². The Labute approximate surface area is 516 Å². The van der Waals surface area contributed by atoms with Gasteiger partial charge in [-0.1, -0.05) is 57.5 Å². The van der Waals surface area contributed by atoms with Crippen molar-refractivity contribution in [2.45, 2.75) is 211 Å². The number of nitrogens with two attached hydrogens (primary N) is 4. The Kier molecular flexibility index (Phi) is 33.7. The predicted octanol–water partition coefficient (Wildman–Crippen LogP) is -1.52. The number of Topliss-reactive ketones (excluding diaryl/α,β-unsaturated/α-hetero) is 3. The molecule has 13 atom stereocenters. The first-order chi connectivity index (χ1) is 41.8. The van der Waals surface area contributed by atoms with E-state index in [1.54, 1.807) is 51.1 Å². The van der Waals surface area contributed by atoms with Gasteiger partial charge in [0.15, 0.2) is 17.3 Å². The van der Waals surface area contributed by atoms with Crippen molar-refractivity contribution in [1.29, 1.82) is 0 Å². The minimum atomic E-state index is -1.63. The van der Waals surface area contributed by atoms with Gasteiger partial charge in [-0.05, 0) is 123 Å². The molecule has 27 heteroatoms. The average molecular weight is 1240 g/mol. The largest absolute Gasteiger partial charge is 0.463 e. The van der Waals surface area contributed by atoms with Crippen LogP contribution < -0.4 is 60.2 Å². The Morgan fingerprint density at radius 1 is 0.682 bits per heavy atom. The average Bonchev–Trinajstić information content (AvgIpc) is 3.69. The molecule has 0 spiro atoms. The number of ether oxygens (including phenoxy) is 1. The number of carbonyl (C=O) groups excluding carboxylic acids is 12. The lowest BCUT2D eigenvalue weighted by molar-refractivity contribution is -0.151. The number of nitrogens with zero attached hydrogens (tertiary/aromatic N) is 1. The number of carbonyl (C=O) groups is 12. The summed E-state index contributed by atoms with van der Waals surface area (Å²) in [5, 5.41) is 40.3. The maximum atomic E-state index is 14.7. The first-order valence-electron chi connectivity index (χ1n) is 31.2. The summed E-state index contributed by atoms with van der Waals surface area (Å²) in [6, 6.07) is -0.731. The van der Waals surface area contributed by atoms with Crippen molar-refractivity contribution in [3.05, 3.63) is 35.9 Å². The van der Waals surface area contributed by atoms with Crippen LogP contribution in [0.3, 0.4) is 0 Å². The zero-order valence-corrected chi connectivity index (χ0v) is 52.2. The van der Waals surface area contributed by atoms with Crippen LogP contribution in [-0.4, -0.2) is 186 Å². The number of piperidine rings is 1. The van der Waals surface area contributed by atoms with Gasteiger partial charge >= 0.3 is 5.97 Å². The van der Waals surface area contributed by atoms with Crippen LogP contribution in [0.4, 0.5) is 0 Å². The third kappa shape index (κ3) is 25.4. The monoisotopic (exact) mass is 1240 g/mol. The van der Waals surface area contributed by atoms with Crippen molar-refractivity contribution in [2.75, 3.05) is 39.3 Å². The van der Waals surface area contributed by atoms with Gasteiger partial charge in [0, 0.05) is 57.0 Å². The van der Waals surface area contributed by atoms with E-state index in [4.69, 9.17) is 27.7 Å². The summed E-state index contributed by atoms with van der Waals surface area (Å²) in [5.74, 6) is -13.1. The SMILES string of the molecule is CCCC(C)OC(=O)CCC(=O)N1CCCCC1C(=O)C[C@H](C(=O)N[C@@H](CCN)C(=O)C[C@H]1CCNC(=O)[C@H](C(C)O)NC(=O)[C@H](CCN)CC(=O)[C@H](CCN)NC(=O)[C@H](CC(C)C)NC(=O)[C@@H](Cc2ccccc2)NC(=O)[C@H](CCN)NC1=O)C(C)O. The van der Waals surface area contributed by atoms with Crippen LogP contribution in [0.25, 0.3) is 0 Å². The minimum Gasteiger partial charge on any atom is -0.463 e. The summed E-state index contributed by atoms with van der Waals surface area (Å²) >= 11 is 0. The highest BCUT2D eigenvalue weighted by atomic mass is 16.5. The fourth-order valence-corrected chi connectivity index (χ4v) is 10.8. The van der Waals surface area contributed by atoms with Gasteiger partial charge in [-0.3, -0.25) is 57.5 Å². The summed E-state index contributed by atoms with van der Waals surface area (Å²) in [4.78, 5) is 170. The van der Waals surface area contributed by atoms with E-state index in [1.807, 2.05) is 6.92 Å². The molecule has 1 aromatic rings. The molecular weight excluding hydrogens is 1140 g/mol. The fraction of sp³-hybridized carbons (Fsp3) is 0.705. The summed E-state index contributed by atoms with van der Waals surface area (Å²) in [6.45, 7) is 9.19. The van der Waals surface area contributed by atoms with Crippen LogP contribution in [0, 0.1) is 23.7 Å². The minimum absolute atomic E-state index is 0.0580. The predicted molar refractivity (Wildman–Crippen MR) is 325 cm³/mol. The van der Waals surface area contributed by atoms with E-state index in [0.717, 1.165) is 6.42 Å². The van der Waals surface area contributed by atoms with E-state index in [0.29, 0.717) is 24.8 Å². The number of ketones is 3. The summed E-state index contributed by atoms with van der Waals surface area (Å²) in [5.41, 5.74) is 24.4. The standard InChI is InChI=1S/C61H100N12O15/c1-7-13-36(4)88-53(80)18-17-52(79)73-29-12-11-16-48(73)51(78)34-42(37(5)74)57(83)67-43(20-25-63)50(77)33-41-23-28-66-61(87)54(38(6)75)72-56(82)40(19-24-62)32-49(76)44(21-26-64)68-59(85)46(30-35(2)3)70-60(86)47(31-39-14-9-8-10-15-39)71-58(84)45(22-27-65)69-55(41)81/h8-10,14-15,35-38,40-48,54,74-75H,7,11-13,16-34,62-65H2,1-6H3,(H,66,87)(H,67,83)(H,68,85)(H,69,81)(H,70,86)(H,71,84)(H,72,82)/t36?,37?,38?,40-,41-,42+,43+,44+,45+,46+,47-,48?,54+/m1/s1. The zero-order chi connectivity index (χ0) is 65.6. The third-order valence-electron chi connectivity index (χ3n) is 15.8. The van der Waals surface area contributed by atoms with Crippen LogP contribution in [0.5, 0.6) is 0 Å². The van der Waals surface area contributed by atoms with E-state index in [2.05, 4.69) is 37.2 Å². The van der Waals surface area contributed by atoms with Gasteiger partial charge in [-0.25, -0.2) is 0 Å². The number of rotatable bonds is 28. The maximum Gasteiger partial charge on any atom is 0.306 e. The molecule has 0 aromatic heterocycles. The Morgan fingerprint density at radius 2 is 1.28 bits per heavy atom. The Hall–Kier alpha value is -6.78. The zero-order valence-electron chi connectivity index (χ0n) is 52.2. The Bertz CT molecular complexity index is 2480. The highest BCUT2D eigenvalue weighted by Gasteiger charge is 2.40. The molecular formula is C61H100N12O15. The lowest BCUT2D eigenvalue weighted by Gasteiger charge is -2.35. The summed E-state index contributed by atoms with van der Waals surface area (Å²) in [7, 11) is 0. The quantitative estimate of drug-likeness (QED) is 0.0424. The van der Waals surface area contributed by atoms with E-state index in [-0.39, 0.29) is 115 Å². The van der Waals surface area contributed by atoms with Gasteiger partial charge in [0.1, 0.15) is 24.2 Å². The molecule has 2 aliphatic rings. The van der Waals surface area contributed by atoms with Crippen LogP contribution in [0.2, 0.25) is 0 Å². The number of esters is 1. The first-order valence-corrected chi connectivity index (χ1v) is 31.2. The van der Waals surface area contributed by atoms with Gasteiger partial charge in [0.2, 0.25) is 47.3 Å². The first kappa shape index (κ1) is 75.5. The van der Waals surface area contributed by atoms with Crippen LogP contribution in [0.15, 0.2) is 30.3 Å². The smallest absolute Gasteiger partial charge is 0.306 e. The lowest BCUT2D eigenvalue weighted by atomic mass is 9.88. The van der Waals surface area contributed by atoms with E-state index >= 15 is 0 Å². The van der Waals surface area contributed by atoms with Crippen LogP contribution in [-0.2, 0) is 68.7 Å². The number of hydrogen-bond acceptors (Lipinski definition) is 19. The van der Waals surface area contributed by atoms with Gasteiger partial charge in [0.25, 0.3) is 0 Å². The van der Waals surface area contributed by atoms with Crippen molar-refractivity contribution in [3.8, 4) is 0 Å². The molecule has 8 amide bonds. The number of aliphatic hydroxyl groups is 2. The number of nitrogens with one attached hydrogen (secondary N) is 7. The van der Waals surface area contributed by atoms with Crippen molar-refractivity contribution in [3.63, 3.8) is 0 Å². The number of hydrogen-bond donors (Lipinski definition) is 13. The number of aliphatic hydroxyl groups excluding tert-OH is 2. The molecule has 2 saturated heterocycles. The fourth-order valence-electron chi connectivity index (χ4n) is 10.8. The van der Waals surface area contributed by atoms with Crippen molar-refractivity contribution in [1.82, 2.24) is 42.1 Å². The normalized spacial score (nSPS) is 24.2. The summed E-state index contributed by atoms with van der Waals surface area (Å²) < 4.78 is 5.39. The molecule has 0 radical (unpaired) electrons. The third-order valence-corrected chi connectivity index (χ3v) is 15.8. The highest BCUT2D eigenvalue weighted by Crippen LogP contribution is 2.25. The summed E-state index contributed by atoms with van der Waals surface area (Å²) in [6.07, 6.45) is -3.35. The molecule has 17 N–H and O–H groups in total. The molecule has 1 aromatic carbocycles. The Morgan fingerprint density at radius 3 is 1.90 bits per heavy atom. The Balaban J connectivity index is 2.05. The van der Waals surface area contributed by atoms with Gasteiger partial charge < -0.3 is 80.0 Å². The topological polar surface area (TPSA) is 446 Å². The second-order valence-electron chi connectivity index (χ2n) is 23.7. The second kappa shape index (κ2) is 39.3. The van der Waals surface area contributed by atoms with Crippen molar-refractivity contribution >= 4 is 70.6 Å². The second-order valence-corrected chi connectivity index (χ2v) is 23.7. The van der Waals surface area contributed by atoms with Crippen LogP contribution >= 0.6 is 0 Å². The molecule has 0 aliphatic carbocycles. The molecule has 0 saturated carbocycles. The molecule has 2 aliphatic heterocycles. The maximum absolute atomic E-state index is 14.7. The molecule has 2 heterocycles.